The van der Waals surface area contributed by atoms with E-state index in [0.29, 0.717) is 29.4 Å². The molecule has 0 amide bonds. The lowest BCUT2D eigenvalue weighted by Crippen LogP contribution is -2.41. The van der Waals surface area contributed by atoms with Gasteiger partial charge in [-0.05, 0) is 63.3 Å². The van der Waals surface area contributed by atoms with Crippen molar-refractivity contribution < 1.29 is 36.7 Å². The molecule has 0 radical (unpaired) electrons. The summed E-state index contributed by atoms with van der Waals surface area (Å²) in [7, 11) is 0.576. The van der Waals surface area contributed by atoms with Gasteiger partial charge in [0.25, 0.3) is 0 Å². The van der Waals surface area contributed by atoms with Crippen molar-refractivity contribution in [1.29, 1.82) is 0 Å². The molecule has 0 bridgehead atoms. The smallest absolute Gasteiger partial charge is 0.480 e. The quantitative estimate of drug-likeness (QED) is 0.244. The highest BCUT2D eigenvalue weighted by molar-refractivity contribution is 6.66. The molecule has 2 aliphatic rings. The Bertz CT molecular complexity index is 1460. The lowest BCUT2D eigenvalue weighted by atomic mass is 9.77. The number of methoxy groups -OCH3 is 1. The number of halogens is 4. The Morgan fingerprint density at radius 3 is 2.33 bits per heavy atom. The summed E-state index contributed by atoms with van der Waals surface area (Å²) in [6.07, 6.45) is -4.23. The standard InChI is InChI=1S/C29H28BClF3NO5/c1-27(2)28(3,4)40-30(39-27)22-11-7-10-20(24(22)31)17-8-6-9-19-18(17)12-13-23(19)38-26-21(29(32,33)34)14-16(15-36)25(35-26)37-5/h6-11,14-15,23H,12-13H2,1-5H3. The third-order valence-electron chi connectivity index (χ3n) is 7.90. The van der Waals surface area contributed by atoms with E-state index in [0.717, 1.165) is 22.3 Å². The molecule has 2 aromatic carbocycles. The molecule has 6 nitrogen and oxygen atoms in total. The lowest BCUT2D eigenvalue weighted by Gasteiger charge is -2.32. The summed E-state index contributed by atoms with van der Waals surface area (Å²) in [5.74, 6) is -0.879. The molecule has 0 N–H and O–H groups in total. The second-order valence-electron chi connectivity index (χ2n) is 10.9. The van der Waals surface area contributed by atoms with Crippen LogP contribution in [0.2, 0.25) is 5.02 Å². The fourth-order valence-corrected chi connectivity index (χ4v) is 5.39. The predicted octanol–water partition coefficient (Wildman–Crippen LogP) is 6.61. The number of pyridine rings is 1. The molecule has 1 unspecified atom stereocenters. The number of nitrogens with zero attached hydrogens (tertiary/aromatic N) is 1. The Balaban J connectivity index is 1.51. The van der Waals surface area contributed by atoms with Crippen LogP contribution in [-0.4, -0.2) is 36.7 Å². The molecule has 1 aliphatic carbocycles. The van der Waals surface area contributed by atoms with Crippen LogP contribution in [0.5, 0.6) is 11.8 Å². The number of carbonyl (C=O) groups excluding carboxylic acids is 1. The topological polar surface area (TPSA) is 66.9 Å². The first-order chi connectivity index (χ1) is 18.8. The maximum Gasteiger partial charge on any atom is 0.496 e. The molecular formula is C29H28BClF3NO5. The molecule has 3 aromatic rings. The van der Waals surface area contributed by atoms with Crippen LogP contribution < -0.4 is 14.9 Å². The first-order valence-electron chi connectivity index (χ1n) is 12.8. The molecule has 40 heavy (non-hydrogen) atoms. The Labute approximate surface area is 235 Å². The van der Waals surface area contributed by atoms with Crippen LogP contribution in [0, 0.1) is 0 Å². The summed E-state index contributed by atoms with van der Waals surface area (Å²) in [6, 6.07) is 11.9. The molecule has 210 valence electrons. The Morgan fingerprint density at radius 2 is 1.70 bits per heavy atom. The number of hydrogen-bond acceptors (Lipinski definition) is 6. The second-order valence-corrected chi connectivity index (χ2v) is 11.2. The molecule has 11 heteroatoms. The van der Waals surface area contributed by atoms with E-state index in [1.54, 1.807) is 0 Å². The number of hydrogen-bond donors (Lipinski definition) is 0. The van der Waals surface area contributed by atoms with E-state index in [2.05, 4.69) is 4.98 Å². The average Bonchev–Trinajstić information content (AvgIpc) is 3.39. The van der Waals surface area contributed by atoms with Gasteiger partial charge in [-0.1, -0.05) is 48.0 Å². The Hall–Kier alpha value is -3.08. The summed E-state index contributed by atoms with van der Waals surface area (Å²) in [6.45, 7) is 7.87. The summed E-state index contributed by atoms with van der Waals surface area (Å²) < 4.78 is 64.9. The molecule has 0 spiro atoms. The zero-order valence-electron chi connectivity index (χ0n) is 22.7. The van der Waals surface area contributed by atoms with Crippen LogP contribution in [0.1, 0.15) is 67.3 Å². The minimum absolute atomic E-state index is 0.240. The highest BCUT2D eigenvalue weighted by Gasteiger charge is 2.52. The molecule has 5 rings (SSSR count). The highest BCUT2D eigenvalue weighted by Crippen LogP contribution is 2.45. The zero-order chi connectivity index (χ0) is 29.0. The van der Waals surface area contributed by atoms with Gasteiger partial charge in [0.1, 0.15) is 11.7 Å². The minimum atomic E-state index is -4.78. The monoisotopic (exact) mass is 573 g/mol. The predicted molar refractivity (Wildman–Crippen MR) is 145 cm³/mol. The largest absolute Gasteiger partial charge is 0.496 e. The van der Waals surface area contributed by atoms with E-state index in [-0.39, 0.29) is 17.7 Å². The molecule has 1 saturated heterocycles. The molecule has 1 aliphatic heterocycles. The highest BCUT2D eigenvalue weighted by atomic mass is 35.5. The van der Waals surface area contributed by atoms with Crippen molar-refractivity contribution in [1.82, 2.24) is 4.98 Å². The average molecular weight is 574 g/mol. The number of ether oxygens (including phenoxy) is 2. The van der Waals surface area contributed by atoms with E-state index in [1.165, 1.54) is 7.11 Å². The van der Waals surface area contributed by atoms with Crippen molar-refractivity contribution in [3.63, 3.8) is 0 Å². The van der Waals surface area contributed by atoms with Crippen molar-refractivity contribution in [3.8, 4) is 22.9 Å². The van der Waals surface area contributed by atoms with Crippen LogP contribution in [0.25, 0.3) is 11.1 Å². The number of carbonyl (C=O) groups is 1. The number of alkyl halides is 3. The van der Waals surface area contributed by atoms with Gasteiger partial charge in [0.15, 0.2) is 6.29 Å². The molecule has 0 saturated carbocycles. The number of rotatable bonds is 6. The summed E-state index contributed by atoms with van der Waals surface area (Å²) >= 11 is 6.94. The number of benzene rings is 2. The van der Waals surface area contributed by atoms with E-state index >= 15 is 0 Å². The molecular weight excluding hydrogens is 546 g/mol. The summed E-state index contributed by atoms with van der Waals surface area (Å²) in [5.41, 5.74) is 1.45. The van der Waals surface area contributed by atoms with E-state index in [9.17, 15) is 18.0 Å². The van der Waals surface area contributed by atoms with Crippen molar-refractivity contribution in [3.05, 3.63) is 69.7 Å². The van der Waals surface area contributed by atoms with Crippen LogP contribution in [0.4, 0.5) is 13.2 Å². The normalized spacial score (nSPS) is 19.4. The number of aromatic nitrogens is 1. The van der Waals surface area contributed by atoms with Crippen molar-refractivity contribution in [2.24, 2.45) is 0 Å². The van der Waals surface area contributed by atoms with Gasteiger partial charge in [-0.3, -0.25) is 4.79 Å². The van der Waals surface area contributed by atoms with Gasteiger partial charge in [-0.15, -0.1) is 0 Å². The van der Waals surface area contributed by atoms with Crippen LogP contribution in [0.3, 0.4) is 0 Å². The van der Waals surface area contributed by atoms with Gasteiger partial charge < -0.3 is 18.8 Å². The fourth-order valence-electron chi connectivity index (χ4n) is 5.07. The minimum Gasteiger partial charge on any atom is -0.480 e. The number of aldehydes is 1. The van der Waals surface area contributed by atoms with E-state index in [1.807, 2.05) is 64.1 Å². The van der Waals surface area contributed by atoms with Gasteiger partial charge in [-0.25, -0.2) is 0 Å². The number of fused-ring (bicyclic) bond motifs is 1. The summed E-state index contributed by atoms with van der Waals surface area (Å²) in [4.78, 5) is 15.2. The first-order valence-corrected chi connectivity index (χ1v) is 13.2. The van der Waals surface area contributed by atoms with Gasteiger partial charge in [0.2, 0.25) is 11.8 Å². The van der Waals surface area contributed by atoms with Gasteiger partial charge >= 0.3 is 13.3 Å². The fraction of sp³-hybridized carbons (Fsp3) is 0.379. The van der Waals surface area contributed by atoms with Crippen molar-refractivity contribution >= 4 is 30.5 Å². The van der Waals surface area contributed by atoms with Crippen molar-refractivity contribution in [2.75, 3.05) is 7.11 Å². The van der Waals surface area contributed by atoms with E-state index in [4.69, 9.17) is 30.4 Å². The maximum atomic E-state index is 13.9. The molecule has 1 atom stereocenters. The van der Waals surface area contributed by atoms with Crippen LogP contribution in [-0.2, 0) is 21.9 Å². The third-order valence-corrected chi connectivity index (χ3v) is 8.32. The van der Waals surface area contributed by atoms with Crippen LogP contribution in [0.15, 0.2) is 42.5 Å². The molecule has 1 fully saturated rings. The zero-order valence-corrected chi connectivity index (χ0v) is 23.4. The molecule has 2 heterocycles. The molecule has 1 aromatic heterocycles. The first kappa shape index (κ1) is 28.5. The second kappa shape index (κ2) is 10.1. The van der Waals surface area contributed by atoms with E-state index < -0.39 is 42.0 Å². The Kier molecular flexibility index (Phi) is 7.17. The van der Waals surface area contributed by atoms with Gasteiger partial charge in [-0.2, -0.15) is 18.2 Å². The maximum absolute atomic E-state index is 13.9. The summed E-state index contributed by atoms with van der Waals surface area (Å²) in [5, 5.41) is 0.481. The Morgan fingerprint density at radius 1 is 1.05 bits per heavy atom. The lowest BCUT2D eigenvalue weighted by molar-refractivity contribution is -0.139. The van der Waals surface area contributed by atoms with Crippen molar-refractivity contribution in [2.45, 2.75) is 64.0 Å². The van der Waals surface area contributed by atoms with Crippen LogP contribution >= 0.6 is 11.6 Å². The van der Waals surface area contributed by atoms with Gasteiger partial charge in [0.05, 0.1) is 23.9 Å². The third kappa shape index (κ3) is 4.86. The SMILES string of the molecule is COc1nc(OC2CCc3c(-c4cccc(B5OC(C)(C)C(C)(C)O5)c4Cl)cccc32)c(C(F)(F)F)cc1C=O. The van der Waals surface area contributed by atoms with Gasteiger partial charge in [0, 0.05) is 16.0 Å².